The van der Waals surface area contributed by atoms with Crippen LogP contribution in [0.25, 0.3) is 0 Å². The maximum absolute atomic E-state index is 6.17. The summed E-state index contributed by atoms with van der Waals surface area (Å²) in [6.07, 6.45) is 4.68. The zero-order valence-electron chi connectivity index (χ0n) is 22.0. The molecule has 4 aromatic rings. The van der Waals surface area contributed by atoms with Crippen molar-refractivity contribution < 1.29 is 9.47 Å². The third kappa shape index (κ3) is 5.29. The normalized spacial score (nSPS) is 15.3. The monoisotopic (exact) mass is 492 g/mol. The average molecular weight is 493 g/mol. The molecule has 37 heavy (non-hydrogen) atoms. The van der Waals surface area contributed by atoms with Crippen LogP contribution in [0.1, 0.15) is 54.9 Å². The summed E-state index contributed by atoms with van der Waals surface area (Å²) in [7, 11) is 0. The van der Waals surface area contributed by atoms with Crippen LogP contribution in [0.4, 0.5) is 11.4 Å². The summed E-state index contributed by atoms with van der Waals surface area (Å²) in [5, 5.41) is 0. The standard InChI is InChI=1S/C33H36N2O2/c1-22-16-18-33(19-17-22,25-4-10-29(11-5-25)36-31-14-8-27(34)20-23(31)2)26-6-12-30(13-7-26)37-32-15-9-28(35)21-24(32)3/h4-15,20-22H,16-19,34-35H2,1-3H3. The number of rotatable bonds is 6. The Balaban J connectivity index is 1.40. The van der Waals surface area contributed by atoms with Crippen molar-refractivity contribution in [1.82, 2.24) is 0 Å². The highest BCUT2D eigenvalue weighted by molar-refractivity contribution is 5.51. The van der Waals surface area contributed by atoms with E-state index in [9.17, 15) is 0 Å². The Hall–Kier alpha value is -3.92. The van der Waals surface area contributed by atoms with Crippen LogP contribution >= 0.6 is 0 Å². The molecular formula is C33H36N2O2. The Morgan fingerprint density at radius 3 is 1.41 bits per heavy atom. The van der Waals surface area contributed by atoms with Crippen molar-refractivity contribution in [2.45, 2.75) is 51.9 Å². The number of aryl methyl sites for hydroxylation is 2. The van der Waals surface area contributed by atoms with Gasteiger partial charge in [-0.05, 0) is 128 Å². The van der Waals surface area contributed by atoms with Crippen LogP contribution in [0.3, 0.4) is 0 Å². The minimum Gasteiger partial charge on any atom is -0.457 e. The lowest BCUT2D eigenvalue weighted by atomic mass is 9.63. The molecule has 4 heteroatoms. The van der Waals surface area contributed by atoms with Crippen LogP contribution in [0.2, 0.25) is 0 Å². The van der Waals surface area contributed by atoms with Gasteiger partial charge in [0, 0.05) is 16.8 Å². The van der Waals surface area contributed by atoms with Gasteiger partial charge in [-0.15, -0.1) is 0 Å². The quantitative estimate of drug-likeness (QED) is 0.265. The zero-order valence-corrected chi connectivity index (χ0v) is 22.0. The molecule has 0 atom stereocenters. The molecule has 1 aliphatic rings. The fourth-order valence-electron chi connectivity index (χ4n) is 5.51. The Morgan fingerprint density at radius 2 is 1.03 bits per heavy atom. The number of hydrogen-bond donors (Lipinski definition) is 2. The van der Waals surface area contributed by atoms with Crippen molar-refractivity contribution in [3.8, 4) is 23.0 Å². The Labute approximate surface area is 220 Å². The zero-order chi connectivity index (χ0) is 26.0. The summed E-state index contributed by atoms with van der Waals surface area (Å²) in [6.45, 7) is 6.39. The van der Waals surface area contributed by atoms with Crippen molar-refractivity contribution in [3.05, 3.63) is 107 Å². The molecule has 4 N–H and O–H groups in total. The summed E-state index contributed by atoms with van der Waals surface area (Å²) in [4.78, 5) is 0. The summed E-state index contributed by atoms with van der Waals surface area (Å²) < 4.78 is 12.3. The number of benzene rings is 4. The number of nitrogen functional groups attached to an aromatic ring is 2. The van der Waals surface area contributed by atoms with E-state index in [1.54, 1.807) is 0 Å². The van der Waals surface area contributed by atoms with E-state index in [1.807, 2.05) is 50.2 Å². The highest BCUT2D eigenvalue weighted by atomic mass is 16.5. The first-order valence-corrected chi connectivity index (χ1v) is 13.1. The number of nitrogens with two attached hydrogens (primary N) is 2. The van der Waals surface area contributed by atoms with Crippen molar-refractivity contribution in [2.75, 3.05) is 11.5 Å². The first-order chi connectivity index (χ1) is 17.8. The summed E-state index contributed by atoms with van der Waals surface area (Å²) in [5.74, 6) is 4.07. The maximum atomic E-state index is 6.17. The van der Waals surface area contributed by atoms with E-state index in [4.69, 9.17) is 20.9 Å². The molecule has 0 unspecified atom stereocenters. The minimum absolute atomic E-state index is 0.0161. The first kappa shape index (κ1) is 24.8. The van der Waals surface area contributed by atoms with Crippen LogP contribution in [0.15, 0.2) is 84.9 Å². The van der Waals surface area contributed by atoms with Gasteiger partial charge in [-0.25, -0.2) is 0 Å². The molecule has 0 aromatic heterocycles. The van der Waals surface area contributed by atoms with Crippen LogP contribution in [-0.4, -0.2) is 0 Å². The molecule has 1 fully saturated rings. The summed E-state index contributed by atoms with van der Waals surface area (Å²) in [5.41, 5.74) is 18.0. The minimum atomic E-state index is -0.0161. The number of ether oxygens (including phenoxy) is 2. The van der Waals surface area contributed by atoms with Gasteiger partial charge in [-0.3, -0.25) is 0 Å². The van der Waals surface area contributed by atoms with Gasteiger partial charge in [0.2, 0.25) is 0 Å². The second-order valence-electron chi connectivity index (χ2n) is 10.6. The van der Waals surface area contributed by atoms with Gasteiger partial charge >= 0.3 is 0 Å². The van der Waals surface area contributed by atoms with Gasteiger partial charge in [-0.2, -0.15) is 0 Å². The predicted molar refractivity (Wildman–Crippen MR) is 153 cm³/mol. The molecular weight excluding hydrogens is 456 g/mol. The Bertz CT molecular complexity index is 1270. The van der Waals surface area contributed by atoms with Gasteiger partial charge in [0.05, 0.1) is 0 Å². The maximum Gasteiger partial charge on any atom is 0.130 e. The van der Waals surface area contributed by atoms with E-state index in [2.05, 4.69) is 55.5 Å². The van der Waals surface area contributed by atoms with Gasteiger partial charge in [-0.1, -0.05) is 31.2 Å². The first-order valence-electron chi connectivity index (χ1n) is 13.1. The molecule has 4 nitrogen and oxygen atoms in total. The molecule has 0 heterocycles. The van der Waals surface area contributed by atoms with E-state index in [1.165, 1.54) is 24.0 Å². The Morgan fingerprint density at radius 1 is 0.622 bits per heavy atom. The second kappa shape index (κ2) is 10.2. The highest BCUT2D eigenvalue weighted by Gasteiger charge is 2.37. The molecule has 1 saturated carbocycles. The molecule has 190 valence electrons. The van der Waals surface area contributed by atoms with Crippen LogP contribution in [0.5, 0.6) is 23.0 Å². The SMILES string of the molecule is Cc1cc(N)ccc1Oc1ccc(C2(c3ccc(Oc4ccc(N)cc4C)cc3)CCC(C)CC2)cc1. The largest absolute Gasteiger partial charge is 0.457 e. The van der Waals surface area contributed by atoms with Crippen LogP contribution in [0, 0.1) is 19.8 Å². The number of anilines is 2. The lowest BCUT2D eigenvalue weighted by molar-refractivity contribution is 0.280. The van der Waals surface area contributed by atoms with Crippen molar-refractivity contribution >= 4 is 11.4 Å². The molecule has 0 amide bonds. The smallest absolute Gasteiger partial charge is 0.130 e. The van der Waals surface area contributed by atoms with E-state index in [0.29, 0.717) is 0 Å². The van der Waals surface area contributed by atoms with E-state index < -0.39 is 0 Å². The fourth-order valence-corrected chi connectivity index (χ4v) is 5.51. The third-order valence-corrected chi connectivity index (χ3v) is 7.80. The number of hydrogen-bond acceptors (Lipinski definition) is 4. The van der Waals surface area contributed by atoms with Crippen LogP contribution < -0.4 is 20.9 Å². The third-order valence-electron chi connectivity index (χ3n) is 7.80. The van der Waals surface area contributed by atoms with Crippen molar-refractivity contribution in [3.63, 3.8) is 0 Å². The van der Waals surface area contributed by atoms with Gasteiger partial charge < -0.3 is 20.9 Å². The van der Waals surface area contributed by atoms with E-state index in [0.717, 1.165) is 64.3 Å². The van der Waals surface area contributed by atoms with E-state index in [-0.39, 0.29) is 5.41 Å². The molecule has 0 radical (unpaired) electrons. The lowest BCUT2D eigenvalue weighted by Gasteiger charge is -2.41. The molecule has 4 aromatic carbocycles. The highest BCUT2D eigenvalue weighted by Crippen LogP contribution is 2.47. The molecule has 1 aliphatic carbocycles. The van der Waals surface area contributed by atoms with Gasteiger partial charge in [0.1, 0.15) is 23.0 Å². The summed E-state index contributed by atoms with van der Waals surface area (Å²) in [6, 6.07) is 28.8. The lowest BCUT2D eigenvalue weighted by Crippen LogP contribution is -2.32. The van der Waals surface area contributed by atoms with E-state index >= 15 is 0 Å². The molecule has 5 rings (SSSR count). The van der Waals surface area contributed by atoms with Crippen molar-refractivity contribution in [1.29, 1.82) is 0 Å². The fraction of sp³-hybridized carbons (Fsp3) is 0.273. The van der Waals surface area contributed by atoms with Crippen LogP contribution in [-0.2, 0) is 5.41 Å². The van der Waals surface area contributed by atoms with Gasteiger partial charge in [0.15, 0.2) is 0 Å². The average Bonchev–Trinajstić information content (AvgIpc) is 2.89. The topological polar surface area (TPSA) is 70.5 Å². The molecule has 0 saturated heterocycles. The second-order valence-corrected chi connectivity index (χ2v) is 10.6. The molecule has 0 spiro atoms. The molecule has 0 bridgehead atoms. The Kier molecular flexibility index (Phi) is 6.84. The summed E-state index contributed by atoms with van der Waals surface area (Å²) >= 11 is 0. The van der Waals surface area contributed by atoms with Gasteiger partial charge in [0.25, 0.3) is 0 Å². The molecule has 0 aliphatic heterocycles. The van der Waals surface area contributed by atoms with Crippen molar-refractivity contribution in [2.24, 2.45) is 5.92 Å². The predicted octanol–water partition coefficient (Wildman–Crippen LogP) is 8.55.